The van der Waals surface area contributed by atoms with Crippen molar-refractivity contribution in [2.75, 3.05) is 6.67 Å². The lowest BCUT2D eigenvalue weighted by Gasteiger charge is -2.62. The summed E-state index contributed by atoms with van der Waals surface area (Å²) in [4.78, 5) is 0. The van der Waals surface area contributed by atoms with Crippen LogP contribution in [0.4, 0.5) is 4.39 Å². The molecule has 0 amide bonds. The van der Waals surface area contributed by atoms with Gasteiger partial charge in [-0.05, 0) is 97.7 Å². The summed E-state index contributed by atoms with van der Waals surface area (Å²) in [5.41, 5.74) is 0.909. The molecule has 0 aromatic carbocycles. The number of hydrogen-bond donors (Lipinski definition) is 0. The molecular formula is C21H35F. The molecule has 0 aromatic rings. The second-order valence-electron chi connectivity index (χ2n) is 10.0. The van der Waals surface area contributed by atoms with Crippen molar-refractivity contribution < 1.29 is 4.39 Å². The van der Waals surface area contributed by atoms with Crippen molar-refractivity contribution in [1.29, 1.82) is 0 Å². The van der Waals surface area contributed by atoms with Crippen molar-refractivity contribution in [2.45, 2.75) is 78.6 Å². The quantitative estimate of drug-likeness (QED) is 0.537. The molecule has 0 heterocycles. The molecule has 1 heteroatoms. The highest BCUT2D eigenvalue weighted by Crippen LogP contribution is 2.68. The van der Waals surface area contributed by atoms with Crippen LogP contribution in [0.25, 0.3) is 0 Å². The molecule has 22 heavy (non-hydrogen) atoms. The zero-order valence-electron chi connectivity index (χ0n) is 14.9. The predicted octanol–water partition coefficient (Wildman–Crippen LogP) is 6.25. The summed E-state index contributed by atoms with van der Waals surface area (Å²) in [6, 6.07) is 0. The van der Waals surface area contributed by atoms with Gasteiger partial charge >= 0.3 is 0 Å². The van der Waals surface area contributed by atoms with Crippen LogP contribution >= 0.6 is 0 Å². The highest BCUT2D eigenvalue weighted by Gasteiger charge is 2.61. The van der Waals surface area contributed by atoms with Gasteiger partial charge in [-0.1, -0.05) is 27.2 Å². The van der Waals surface area contributed by atoms with E-state index in [1.807, 2.05) is 0 Å². The number of hydrogen-bond acceptors (Lipinski definition) is 0. The maximum atomic E-state index is 13.5. The molecular weight excluding hydrogens is 271 g/mol. The lowest BCUT2D eigenvalue weighted by atomic mass is 9.43. The van der Waals surface area contributed by atoms with Gasteiger partial charge in [0.25, 0.3) is 0 Å². The van der Waals surface area contributed by atoms with Crippen LogP contribution in [0.5, 0.6) is 0 Å². The molecule has 0 nitrogen and oxygen atoms in total. The number of halogens is 1. The van der Waals surface area contributed by atoms with Crippen LogP contribution < -0.4 is 0 Å². The van der Waals surface area contributed by atoms with Crippen molar-refractivity contribution in [3.63, 3.8) is 0 Å². The Labute approximate surface area is 136 Å². The Morgan fingerprint density at radius 3 is 2.23 bits per heavy atom. The molecule has 0 radical (unpaired) electrons. The van der Waals surface area contributed by atoms with Gasteiger partial charge in [-0.15, -0.1) is 0 Å². The first-order valence-electron chi connectivity index (χ1n) is 10.0. The summed E-state index contributed by atoms with van der Waals surface area (Å²) in [7, 11) is 0. The fourth-order valence-electron chi connectivity index (χ4n) is 7.90. The topological polar surface area (TPSA) is 0 Å². The minimum absolute atomic E-state index is 0.0694. The van der Waals surface area contributed by atoms with Gasteiger partial charge in [0.1, 0.15) is 0 Å². The molecule has 4 aliphatic rings. The van der Waals surface area contributed by atoms with Gasteiger partial charge in [-0.2, -0.15) is 0 Å². The summed E-state index contributed by atoms with van der Waals surface area (Å²) in [5, 5.41) is 0. The van der Waals surface area contributed by atoms with E-state index in [1.165, 1.54) is 51.4 Å². The fraction of sp³-hybridized carbons (Fsp3) is 1.00. The van der Waals surface area contributed by atoms with E-state index >= 15 is 0 Å². The Balaban J connectivity index is 1.62. The minimum Gasteiger partial charge on any atom is -0.251 e. The first-order chi connectivity index (χ1) is 10.5. The van der Waals surface area contributed by atoms with Crippen LogP contribution in [-0.4, -0.2) is 6.67 Å². The van der Waals surface area contributed by atoms with Gasteiger partial charge in [-0.25, -0.2) is 0 Å². The van der Waals surface area contributed by atoms with Crippen LogP contribution in [-0.2, 0) is 0 Å². The summed E-state index contributed by atoms with van der Waals surface area (Å²) < 4.78 is 13.5. The summed E-state index contributed by atoms with van der Waals surface area (Å²) >= 11 is 0. The summed E-state index contributed by atoms with van der Waals surface area (Å²) in [6.07, 6.45) is 12.5. The molecule has 4 saturated carbocycles. The lowest BCUT2D eigenvalue weighted by Crippen LogP contribution is -2.54. The largest absolute Gasteiger partial charge is 0.251 e. The Morgan fingerprint density at radius 2 is 1.45 bits per heavy atom. The Morgan fingerprint density at radius 1 is 0.818 bits per heavy atom. The second-order valence-corrected chi connectivity index (χ2v) is 10.0. The SMILES string of the molecule is C[C@H]1CC[C@H]2[C@H](CC[C@H]3C4CC[C@H](CF)[C@@]4(C)CCC32C)C1. The van der Waals surface area contributed by atoms with Crippen molar-refractivity contribution in [1.82, 2.24) is 0 Å². The van der Waals surface area contributed by atoms with Gasteiger partial charge in [0, 0.05) is 0 Å². The van der Waals surface area contributed by atoms with Gasteiger partial charge in [0.15, 0.2) is 0 Å². The van der Waals surface area contributed by atoms with E-state index in [0.717, 1.165) is 36.0 Å². The average Bonchev–Trinajstić information content (AvgIpc) is 2.83. The summed E-state index contributed by atoms with van der Waals surface area (Å²) in [5.74, 6) is 5.04. The molecule has 0 spiro atoms. The van der Waals surface area contributed by atoms with Gasteiger partial charge in [0.05, 0.1) is 6.67 Å². The van der Waals surface area contributed by atoms with Crippen LogP contribution in [0.1, 0.15) is 78.6 Å². The van der Waals surface area contributed by atoms with Crippen LogP contribution in [0, 0.1) is 46.3 Å². The number of fused-ring (bicyclic) bond motifs is 5. The molecule has 8 atom stereocenters. The zero-order valence-corrected chi connectivity index (χ0v) is 14.9. The molecule has 0 aromatic heterocycles. The number of alkyl halides is 1. The fourth-order valence-corrected chi connectivity index (χ4v) is 7.90. The van der Waals surface area contributed by atoms with E-state index in [2.05, 4.69) is 20.8 Å². The Bertz CT molecular complexity index is 432. The molecule has 4 rings (SSSR count). The molecule has 126 valence electrons. The lowest BCUT2D eigenvalue weighted by molar-refractivity contribution is -0.128. The minimum atomic E-state index is -0.0694. The maximum absolute atomic E-state index is 13.5. The highest BCUT2D eigenvalue weighted by molar-refractivity contribution is 5.10. The van der Waals surface area contributed by atoms with Gasteiger partial charge in [-0.3, -0.25) is 4.39 Å². The highest BCUT2D eigenvalue weighted by atomic mass is 19.1. The molecule has 0 saturated heterocycles. The van der Waals surface area contributed by atoms with Crippen molar-refractivity contribution in [2.24, 2.45) is 46.3 Å². The van der Waals surface area contributed by atoms with Gasteiger partial charge in [0.2, 0.25) is 0 Å². The molecule has 4 fully saturated rings. The normalized spacial score (nSPS) is 57.8. The standard InChI is InChI=1S/C21H35F/c1-14-4-7-17-15(12-14)5-8-19-18-9-6-16(13-22)20(18,2)10-11-21(17,19)3/h14-19H,4-13H2,1-3H3/t14-,15+,16+,17-,18?,19-,20+,21?/m0/s1. The molecule has 0 N–H and O–H groups in total. The Kier molecular flexibility index (Phi) is 3.66. The second kappa shape index (κ2) is 5.21. The van der Waals surface area contributed by atoms with Crippen molar-refractivity contribution in [3.8, 4) is 0 Å². The van der Waals surface area contributed by atoms with Crippen LogP contribution in [0.2, 0.25) is 0 Å². The maximum Gasteiger partial charge on any atom is 0.0927 e. The van der Waals surface area contributed by atoms with E-state index < -0.39 is 0 Å². The average molecular weight is 307 g/mol. The predicted molar refractivity (Wildman–Crippen MR) is 90.4 cm³/mol. The zero-order chi connectivity index (χ0) is 15.5. The third kappa shape index (κ3) is 1.99. The van der Waals surface area contributed by atoms with Crippen LogP contribution in [0.3, 0.4) is 0 Å². The molecule has 4 aliphatic carbocycles. The van der Waals surface area contributed by atoms with E-state index in [1.54, 1.807) is 0 Å². The third-order valence-electron chi connectivity index (χ3n) is 9.27. The van der Waals surface area contributed by atoms with Crippen LogP contribution in [0.15, 0.2) is 0 Å². The molecule has 0 aliphatic heterocycles. The van der Waals surface area contributed by atoms with E-state index in [-0.39, 0.29) is 6.67 Å². The first-order valence-corrected chi connectivity index (χ1v) is 10.0. The smallest absolute Gasteiger partial charge is 0.0927 e. The van der Waals surface area contributed by atoms with Crippen molar-refractivity contribution >= 4 is 0 Å². The Hall–Kier alpha value is -0.0700. The van der Waals surface area contributed by atoms with E-state index in [4.69, 9.17) is 0 Å². The third-order valence-corrected chi connectivity index (χ3v) is 9.27. The van der Waals surface area contributed by atoms with Gasteiger partial charge < -0.3 is 0 Å². The monoisotopic (exact) mass is 306 g/mol. The van der Waals surface area contributed by atoms with E-state index in [9.17, 15) is 4.39 Å². The number of rotatable bonds is 1. The molecule has 0 bridgehead atoms. The molecule has 2 unspecified atom stereocenters. The van der Waals surface area contributed by atoms with E-state index in [0.29, 0.717) is 16.7 Å². The summed E-state index contributed by atoms with van der Waals surface area (Å²) in [6.45, 7) is 7.49. The first kappa shape index (κ1) is 15.5. The van der Waals surface area contributed by atoms with Crippen molar-refractivity contribution in [3.05, 3.63) is 0 Å².